The molecule has 2 heterocycles. The van der Waals surface area contributed by atoms with Crippen LogP contribution in [0.5, 0.6) is 0 Å². The lowest BCUT2D eigenvalue weighted by atomic mass is 9.96. The Morgan fingerprint density at radius 3 is 2.91 bits per heavy atom. The van der Waals surface area contributed by atoms with Crippen LogP contribution in [0.2, 0.25) is 0 Å². The van der Waals surface area contributed by atoms with Crippen molar-refractivity contribution in [3.05, 3.63) is 30.6 Å². The number of fused-ring (bicyclic) bond motifs is 1. The van der Waals surface area contributed by atoms with Gasteiger partial charge in [-0.05, 0) is 25.0 Å². The van der Waals surface area contributed by atoms with Gasteiger partial charge in [-0.2, -0.15) is 0 Å². The molecule has 2 aromatic rings. The zero-order chi connectivity index (χ0) is 16.1. The van der Waals surface area contributed by atoms with Gasteiger partial charge in [0.2, 0.25) is 5.91 Å². The van der Waals surface area contributed by atoms with Crippen LogP contribution in [-0.2, 0) is 4.79 Å². The highest BCUT2D eigenvalue weighted by atomic mass is 32.2. The summed E-state index contributed by atoms with van der Waals surface area (Å²) in [6.45, 7) is 0. The van der Waals surface area contributed by atoms with Crippen LogP contribution in [0, 0.1) is 0 Å². The number of aromatic nitrogens is 2. The predicted octanol–water partition coefficient (Wildman–Crippen LogP) is 2.58. The topological polar surface area (TPSA) is 75.5 Å². The van der Waals surface area contributed by atoms with Crippen LogP contribution in [0.25, 0.3) is 5.52 Å². The van der Waals surface area contributed by atoms with E-state index in [9.17, 15) is 9.59 Å². The monoisotopic (exact) mass is 332 g/mol. The van der Waals surface area contributed by atoms with Gasteiger partial charge < -0.3 is 5.32 Å². The second-order valence-electron chi connectivity index (χ2n) is 5.68. The van der Waals surface area contributed by atoms with Crippen LogP contribution in [0.4, 0.5) is 4.79 Å². The maximum absolute atomic E-state index is 11.9. The number of amides is 3. The van der Waals surface area contributed by atoms with Crippen LogP contribution in [0.3, 0.4) is 0 Å². The van der Waals surface area contributed by atoms with Gasteiger partial charge >= 0.3 is 6.03 Å². The Bertz CT molecular complexity index is 694. The molecule has 0 radical (unpaired) electrons. The van der Waals surface area contributed by atoms with Gasteiger partial charge in [0.15, 0.2) is 5.16 Å². The highest BCUT2D eigenvalue weighted by Gasteiger charge is 2.17. The van der Waals surface area contributed by atoms with Crippen molar-refractivity contribution in [1.82, 2.24) is 20.0 Å². The van der Waals surface area contributed by atoms with E-state index in [1.165, 1.54) is 18.2 Å². The summed E-state index contributed by atoms with van der Waals surface area (Å²) in [5.41, 5.74) is 0.977. The number of urea groups is 1. The third kappa shape index (κ3) is 4.25. The minimum atomic E-state index is -0.393. The van der Waals surface area contributed by atoms with Crippen LogP contribution in [0.15, 0.2) is 35.7 Å². The normalized spacial score (nSPS) is 15.5. The van der Waals surface area contributed by atoms with Crippen molar-refractivity contribution >= 4 is 29.2 Å². The Labute approximate surface area is 139 Å². The average Bonchev–Trinajstić information content (AvgIpc) is 2.97. The number of imidazole rings is 1. The summed E-state index contributed by atoms with van der Waals surface area (Å²) in [5.74, 6) is -0.150. The predicted molar refractivity (Wildman–Crippen MR) is 89.5 cm³/mol. The van der Waals surface area contributed by atoms with Crippen molar-refractivity contribution in [2.45, 2.75) is 43.3 Å². The molecule has 0 bridgehead atoms. The molecule has 1 fully saturated rings. The quantitative estimate of drug-likeness (QED) is 0.844. The van der Waals surface area contributed by atoms with Crippen LogP contribution < -0.4 is 10.6 Å². The molecule has 3 amide bonds. The smallest absolute Gasteiger partial charge is 0.321 e. The summed E-state index contributed by atoms with van der Waals surface area (Å²) in [5, 5.41) is 6.00. The maximum atomic E-state index is 11.9. The number of carbonyl (C=O) groups excluding carboxylic acids is 2. The molecule has 0 unspecified atom stereocenters. The van der Waals surface area contributed by atoms with Crippen molar-refractivity contribution in [2.75, 3.05) is 5.75 Å². The molecule has 0 atom stereocenters. The first-order valence-corrected chi connectivity index (χ1v) is 8.86. The number of carbonyl (C=O) groups is 2. The van der Waals surface area contributed by atoms with E-state index in [4.69, 9.17) is 0 Å². The number of nitrogens with zero attached hydrogens (tertiary/aromatic N) is 2. The molecule has 1 saturated carbocycles. The van der Waals surface area contributed by atoms with E-state index in [1.54, 1.807) is 6.20 Å². The van der Waals surface area contributed by atoms with E-state index in [0.717, 1.165) is 36.4 Å². The van der Waals surface area contributed by atoms with E-state index >= 15 is 0 Å². The number of pyridine rings is 1. The third-order valence-electron chi connectivity index (χ3n) is 3.93. The molecule has 23 heavy (non-hydrogen) atoms. The summed E-state index contributed by atoms with van der Waals surface area (Å²) in [6, 6.07) is 5.61. The zero-order valence-corrected chi connectivity index (χ0v) is 13.6. The number of rotatable bonds is 4. The minimum Gasteiger partial charge on any atom is -0.335 e. The Balaban J connectivity index is 1.46. The number of hydrogen-bond acceptors (Lipinski definition) is 4. The van der Waals surface area contributed by atoms with Crippen molar-refractivity contribution in [3.63, 3.8) is 0 Å². The number of thioether (sulfide) groups is 1. The molecular weight excluding hydrogens is 312 g/mol. The Kier molecular flexibility index (Phi) is 5.17. The first kappa shape index (κ1) is 15.9. The molecule has 1 aliphatic carbocycles. The Morgan fingerprint density at radius 2 is 2.09 bits per heavy atom. The summed E-state index contributed by atoms with van der Waals surface area (Å²) in [4.78, 5) is 28.0. The van der Waals surface area contributed by atoms with Gasteiger partial charge in [-0.3, -0.25) is 14.5 Å². The van der Waals surface area contributed by atoms with Crippen molar-refractivity contribution < 1.29 is 9.59 Å². The number of hydrogen-bond donors (Lipinski definition) is 2. The van der Waals surface area contributed by atoms with E-state index in [0.29, 0.717) is 0 Å². The molecule has 122 valence electrons. The lowest BCUT2D eigenvalue weighted by Crippen LogP contribution is -2.45. The van der Waals surface area contributed by atoms with Crippen LogP contribution in [-0.4, -0.2) is 33.1 Å². The second kappa shape index (κ2) is 7.50. The highest BCUT2D eigenvalue weighted by Crippen LogP contribution is 2.18. The standard InChI is InChI=1S/C16H20N4O2S/c21-14(19-15(22)18-12-6-2-1-3-7-12)11-23-16-17-10-13-8-4-5-9-20(13)16/h4-5,8-10,12H,1-3,6-7,11H2,(H2,18,19,21,22). The summed E-state index contributed by atoms with van der Waals surface area (Å²) >= 11 is 1.31. The van der Waals surface area contributed by atoms with E-state index < -0.39 is 6.03 Å². The van der Waals surface area contributed by atoms with Crippen molar-refractivity contribution in [1.29, 1.82) is 0 Å². The molecule has 7 heteroatoms. The third-order valence-corrected chi connectivity index (χ3v) is 4.90. The molecule has 2 N–H and O–H groups in total. The van der Waals surface area contributed by atoms with E-state index in [2.05, 4.69) is 15.6 Å². The molecule has 1 aliphatic rings. The number of nitrogens with one attached hydrogen (secondary N) is 2. The SMILES string of the molecule is O=C(CSc1ncc2ccccn12)NC(=O)NC1CCCCC1. The van der Waals surface area contributed by atoms with Gasteiger partial charge in [0, 0.05) is 12.2 Å². The van der Waals surface area contributed by atoms with Gasteiger partial charge in [-0.15, -0.1) is 0 Å². The Hall–Kier alpha value is -2.02. The fourth-order valence-corrected chi connectivity index (χ4v) is 3.55. The zero-order valence-electron chi connectivity index (χ0n) is 12.8. The largest absolute Gasteiger partial charge is 0.335 e. The minimum absolute atomic E-state index is 0.159. The molecule has 3 rings (SSSR count). The number of imide groups is 1. The van der Waals surface area contributed by atoms with Gasteiger partial charge in [0.1, 0.15) is 0 Å². The van der Waals surface area contributed by atoms with Crippen LogP contribution >= 0.6 is 11.8 Å². The summed E-state index contributed by atoms with van der Waals surface area (Å²) in [7, 11) is 0. The van der Waals surface area contributed by atoms with Crippen molar-refractivity contribution in [2.24, 2.45) is 0 Å². The van der Waals surface area contributed by atoms with Gasteiger partial charge in [-0.1, -0.05) is 37.1 Å². The second-order valence-corrected chi connectivity index (χ2v) is 6.62. The first-order chi connectivity index (χ1) is 11.2. The molecular formula is C16H20N4O2S. The molecule has 0 aromatic carbocycles. The molecule has 0 spiro atoms. The maximum Gasteiger partial charge on any atom is 0.321 e. The highest BCUT2D eigenvalue weighted by molar-refractivity contribution is 7.99. The molecule has 0 aliphatic heterocycles. The lowest BCUT2D eigenvalue weighted by molar-refractivity contribution is -0.117. The van der Waals surface area contributed by atoms with Crippen LogP contribution in [0.1, 0.15) is 32.1 Å². The lowest BCUT2D eigenvalue weighted by Gasteiger charge is -2.22. The summed E-state index contributed by atoms with van der Waals surface area (Å²) in [6.07, 6.45) is 9.16. The average molecular weight is 332 g/mol. The fraction of sp³-hybridized carbons (Fsp3) is 0.438. The van der Waals surface area contributed by atoms with Gasteiger partial charge in [0.25, 0.3) is 0 Å². The van der Waals surface area contributed by atoms with Gasteiger partial charge in [0.05, 0.1) is 17.5 Å². The van der Waals surface area contributed by atoms with E-state index in [1.807, 2.05) is 28.8 Å². The van der Waals surface area contributed by atoms with Crippen molar-refractivity contribution in [3.8, 4) is 0 Å². The van der Waals surface area contributed by atoms with E-state index in [-0.39, 0.29) is 17.7 Å². The first-order valence-electron chi connectivity index (χ1n) is 7.87. The molecule has 0 saturated heterocycles. The Morgan fingerprint density at radius 1 is 1.26 bits per heavy atom. The molecule has 2 aromatic heterocycles. The fourth-order valence-electron chi connectivity index (χ4n) is 2.79. The summed E-state index contributed by atoms with van der Waals surface area (Å²) < 4.78 is 1.92. The molecule has 6 nitrogen and oxygen atoms in total. The van der Waals surface area contributed by atoms with Gasteiger partial charge in [-0.25, -0.2) is 9.78 Å².